The Hall–Kier alpha value is -3.03. The van der Waals surface area contributed by atoms with Crippen LogP contribution in [0.2, 0.25) is 0 Å². The number of carbonyl (C=O) groups is 3. The van der Waals surface area contributed by atoms with Crippen LogP contribution in [0.3, 0.4) is 0 Å². The highest BCUT2D eigenvalue weighted by atomic mass is 16.5. The van der Waals surface area contributed by atoms with Gasteiger partial charge in [0.05, 0.1) is 13.2 Å². The van der Waals surface area contributed by atoms with Crippen molar-refractivity contribution in [1.82, 2.24) is 10.6 Å². The summed E-state index contributed by atoms with van der Waals surface area (Å²) in [6.07, 6.45) is 2.45. The molecule has 0 bridgehead atoms. The van der Waals surface area contributed by atoms with Crippen molar-refractivity contribution in [2.45, 2.75) is 19.4 Å². The number of carbonyl (C=O) groups excluding carboxylic acids is 3. The summed E-state index contributed by atoms with van der Waals surface area (Å²) in [5.74, 6) is -0.133. The van der Waals surface area contributed by atoms with Crippen molar-refractivity contribution in [2.75, 3.05) is 20.3 Å². The lowest BCUT2D eigenvalue weighted by molar-refractivity contribution is -0.149. The molecule has 0 fully saturated rings. The SMILES string of the molecule is CNC(=O)NC(=O)[C@@H](C)OC(=O)/C=C/c1ccc2c(c1)OCCCO2. The lowest BCUT2D eigenvalue weighted by Crippen LogP contribution is -2.43. The average Bonchev–Trinajstić information content (AvgIpc) is 2.84. The molecule has 0 aliphatic carbocycles. The monoisotopic (exact) mass is 348 g/mol. The molecule has 3 amide bonds. The van der Waals surface area contributed by atoms with Crippen molar-refractivity contribution in [1.29, 1.82) is 0 Å². The zero-order valence-corrected chi connectivity index (χ0v) is 14.0. The molecular weight excluding hydrogens is 328 g/mol. The average molecular weight is 348 g/mol. The minimum Gasteiger partial charge on any atom is -0.490 e. The highest BCUT2D eigenvalue weighted by Gasteiger charge is 2.18. The van der Waals surface area contributed by atoms with Gasteiger partial charge in [0, 0.05) is 19.5 Å². The predicted octanol–water partition coefficient (Wildman–Crippen LogP) is 1.25. The Balaban J connectivity index is 1.92. The summed E-state index contributed by atoms with van der Waals surface area (Å²) in [5, 5.41) is 4.26. The second-order valence-corrected chi connectivity index (χ2v) is 5.24. The predicted molar refractivity (Wildman–Crippen MR) is 89.2 cm³/mol. The van der Waals surface area contributed by atoms with Gasteiger partial charge in [-0.2, -0.15) is 0 Å². The van der Waals surface area contributed by atoms with E-state index in [4.69, 9.17) is 14.2 Å². The van der Waals surface area contributed by atoms with Gasteiger partial charge in [-0.1, -0.05) is 6.07 Å². The molecule has 2 rings (SSSR count). The summed E-state index contributed by atoms with van der Waals surface area (Å²) >= 11 is 0. The Morgan fingerprint density at radius 3 is 2.64 bits per heavy atom. The minimum atomic E-state index is -1.10. The van der Waals surface area contributed by atoms with Gasteiger partial charge < -0.3 is 19.5 Å². The molecular formula is C17H20N2O6. The van der Waals surface area contributed by atoms with Crippen LogP contribution < -0.4 is 20.1 Å². The maximum Gasteiger partial charge on any atom is 0.331 e. The molecule has 1 aliphatic heterocycles. The standard InChI is InChI=1S/C17H20N2O6/c1-11(16(21)19-17(22)18-2)25-15(20)7-5-12-4-6-13-14(10-12)24-9-3-8-23-13/h4-7,10-11H,3,8-9H2,1-2H3,(H2,18,19,21,22)/b7-5+/t11-/m1/s1. The van der Waals surface area contributed by atoms with Crippen LogP contribution >= 0.6 is 0 Å². The maximum absolute atomic E-state index is 11.8. The lowest BCUT2D eigenvalue weighted by Gasteiger charge is -2.11. The molecule has 0 saturated heterocycles. The number of esters is 1. The van der Waals surface area contributed by atoms with E-state index in [2.05, 4.69) is 5.32 Å². The first-order valence-corrected chi connectivity index (χ1v) is 7.80. The molecule has 134 valence electrons. The molecule has 0 aromatic heterocycles. The Kier molecular flexibility index (Phi) is 6.39. The first-order chi connectivity index (χ1) is 12.0. The van der Waals surface area contributed by atoms with Crippen LogP contribution in [0.1, 0.15) is 18.9 Å². The van der Waals surface area contributed by atoms with E-state index in [1.54, 1.807) is 24.3 Å². The number of urea groups is 1. The number of fused-ring (bicyclic) bond motifs is 1. The van der Waals surface area contributed by atoms with Gasteiger partial charge in [0.2, 0.25) is 0 Å². The van der Waals surface area contributed by atoms with E-state index in [-0.39, 0.29) is 0 Å². The number of hydrogen-bond acceptors (Lipinski definition) is 6. The molecule has 1 atom stereocenters. The molecule has 1 heterocycles. The third-order valence-corrected chi connectivity index (χ3v) is 3.31. The molecule has 0 spiro atoms. The van der Waals surface area contributed by atoms with Gasteiger partial charge >= 0.3 is 12.0 Å². The van der Waals surface area contributed by atoms with Crippen molar-refractivity contribution < 1.29 is 28.6 Å². The molecule has 2 N–H and O–H groups in total. The molecule has 8 nitrogen and oxygen atoms in total. The Morgan fingerprint density at radius 1 is 1.20 bits per heavy atom. The zero-order chi connectivity index (χ0) is 18.2. The molecule has 0 saturated carbocycles. The second kappa shape index (κ2) is 8.72. The van der Waals surface area contributed by atoms with E-state index in [0.717, 1.165) is 12.0 Å². The van der Waals surface area contributed by atoms with Crippen LogP contribution in [0, 0.1) is 0 Å². The number of nitrogens with one attached hydrogen (secondary N) is 2. The number of hydrogen-bond donors (Lipinski definition) is 2. The molecule has 1 aromatic rings. The van der Waals surface area contributed by atoms with Gasteiger partial charge in [-0.05, 0) is 30.7 Å². The van der Waals surface area contributed by atoms with Gasteiger partial charge in [-0.25, -0.2) is 9.59 Å². The first-order valence-electron chi connectivity index (χ1n) is 7.80. The van der Waals surface area contributed by atoms with Gasteiger partial charge in [0.25, 0.3) is 5.91 Å². The third kappa shape index (κ3) is 5.52. The normalized spacial score (nSPS) is 14.3. The summed E-state index contributed by atoms with van der Waals surface area (Å²) in [7, 11) is 1.37. The van der Waals surface area contributed by atoms with Crippen molar-refractivity contribution in [3.63, 3.8) is 0 Å². The van der Waals surface area contributed by atoms with Crippen molar-refractivity contribution >= 4 is 24.0 Å². The quantitative estimate of drug-likeness (QED) is 0.627. The Morgan fingerprint density at radius 2 is 1.92 bits per heavy atom. The molecule has 1 aromatic carbocycles. The fourth-order valence-electron chi connectivity index (χ4n) is 1.99. The topological polar surface area (TPSA) is 103 Å². The fourth-order valence-corrected chi connectivity index (χ4v) is 1.99. The fraction of sp³-hybridized carbons (Fsp3) is 0.353. The highest BCUT2D eigenvalue weighted by Crippen LogP contribution is 2.30. The van der Waals surface area contributed by atoms with E-state index in [1.807, 2.05) is 5.32 Å². The molecule has 1 aliphatic rings. The third-order valence-electron chi connectivity index (χ3n) is 3.31. The number of ether oxygens (including phenoxy) is 3. The summed E-state index contributed by atoms with van der Waals surface area (Å²) in [6, 6.07) is 4.63. The van der Waals surface area contributed by atoms with Gasteiger partial charge in [-0.3, -0.25) is 10.1 Å². The maximum atomic E-state index is 11.8. The number of imide groups is 1. The van der Waals surface area contributed by atoms with Crippen molar-refractivity contribution in [2.24, 2.45) is 0 Å². The van der Waals surface area contributed by atoms with E-state index in [0.29, 0.717) is 24.7 Å². The number of amides is 3. The molecule has 0 unspecified atom stereocenters. The molecule has 8 heteroatoms. The number of rotatable bonds is 4. The minimum absolute atomic E-state index is 0.570. The van der Waals surface area contributed by atoms with Gasteiger partial charge in [0.15, 0.2) is 17.6 Å². The molecule has 0 radical (unpaired) electrons. The smallest absolute Gasteiger partial charge is 0.331 e. The zero-order valence-electron chi connectivity index (χ0n) is 14.0. The van der Waals surface area contributed by atoms with E-state index < -0.39 is 24.0 Å². The largest absolute Gasteiger partial charge is 0.490 e. The summed E-state index contributed by atoms with van der Waals surface area (Å²) in [5.41, 5.74) is 0.726. The van der Waals surface area contributed by atoms with Crippen LogP contribution in [0.5, 0.6) is 11.5 Å². The highest BCUT2D eigenvalue weighted by molar-refractivity contribution is 5.97. The van der Waals surface area contributed by atoms with Crippen molar-refractivity contribution in [3.8, 4) is 11.5 Å². The van der Waals surface area contributed by atoms with Crippen LogP contribution in [0.25, 0.3) is 6.08 Å². The Bertz CT molecular complexity index is 686. The molecule has 25 heavy (non-hydrogen) atoms. The van der Waals surface area contributed by atoms with E-state index in [9.17, 15) is 14.4 Å². The van der Waals surface area contributed by atoms with Crippen LogP contribution in [0.15, 0.2) is 24.3 Å². The van der Waals surface area contributed by atoms with Crippen LogP contribution in [0.4, 0.5) is 4.79 Å². The van der Waals surface area contributed by atoms with E-state index >= 15 is 0 Å². The van der Waals surface area contributed by atoms with Crippen LogP contribution in [-0.4, -0.2) is 44.3 Å². The lowest BCUT2D eigenvalue weighted by atomic mass is 10.2. The summed E-state index contributed by atoms with van der Waals surface area (Å²) in [4.78, 5) is 34.4. The first kappa shape index (κ1) is 18.3. The number of benzene rings is 1. The van der Waals surface area contributed by atoms with Gasteiger partial charge in [0.1, 0.15) is 0 Å². The Labute approximate surface area is 145 Å². The van der Waals surface area contributed by atoms with Gasteiger partial charge in [-0.15, -0.1) is 0 Å². The van der Waals surface area contributed by atoms with Crippen LogP contribution in [-0.2, 0) is 14.3 Å². The summed E-state index contributed by atoms with van der Waals surface area (Å²) in [6.45, 7) is 2.54. The summed E-state index contributed by atoms with van der Waals surface area (Å²) < 4.78 is 16.0. The van der Waals surface area contributed by atoms with Crippen molar-refractivity contribution in [3.05, 3.63) is 29.8 Å². The van der Waals surface area contributed by atoms with E-state index in [1.165, 1.54) is 20.0 Å². The second-order valence-electron chi connectivity index (χ2n) is 5.24.